The molecule has 0 radical (unpaired) electrons. The maximum absolute atomic E-state index is 14.0. The number of alkyl halides is 2. The minimum absolute atomic E-state index is 0.242. The predicted octanol–water partition coefficient (Wildman–Crippen LogP) is 2.73. The van der Waals surface area contributed by atoms with E-state index in [0.29, 0.717) is 17.0 Å². The Labute approximate surface area is 189 Å². The first-order valence-corrected chi connectivity index (χ1v) is 10.9. The lowest BCUT2D eigenvalue weighted by molar-refractivity contribution is -0.114. The van der Waals surface area contributed by atoms with Crippen LogP contribution in [0.25, 0.3) is 16.7 Å². The molecule has 1 amide bonds. The van der Waals surface area contributed by atoms with E-state index in [1.165, 1.54) is 11.6 Å². The third-order valence-electron chi connectivity index (χ3n) is 6.28. The van der Waals surface area contributed by atoms with Gasteiger partial charge in [-0.05, 0) is 26.9 Å². The van der Waals surface area contributed by atoms with Crippen molar-refractivity contribution in [2.75, 3.05) is 43.4 Å². The molecule has 2 aliphatic rings. The van der Waals surface area contributed by atoms with Crippen molar-refractivity contribution < 1.29 is 13.6 Å². The summed E-state index contributed by atoms with van der Waals surface area (Å²) in [5, 5.41) is 8.22. The van der Waals surface area contributed by atoms with Crippen LogP contribution in [0.15, 0.2) is 18.3 Å². The van der Waals surface area contributed by atoms with Crippen molar-refractivity contribution in [1.82, 2.24) is 29.6 Å². The fourth-order valence-corrected chi connectivity index (χ4v) is 4.84. The van der Waals surface area contributed by atoms with Crippen molar-refractivity contribution in [3.05, 3.63) is 29.8 Å². The van der Waals surface area contributed by atoms with Gasteiger partial charge in [0, 0.05) is 62.9 Å². The zero-order chi connectivity index (χ0) is 23.5. The Morgan fingerprint density at radius 3 is 2.61 bits per heavy atom. The number of aromatic nitrogens is 5. The molecule has 5 rings (SSSR count). The Balaban J connectivity index is 1.61. The number of likely N-dealkylation sites (tertiary alicyclic amines) is 1. The second kappa shape index (κ2) is 7.41. The summed E-state index contributed by atoms with van der Waals surface area (Å²) in [5.41, 5.74) is 1.30. The number of fused-ring (bicyclic) bond motifs is 1. The number of nitrogens with zero attached hydrogens (tertiary/aromatic N) is 7. The van der Waals surface area contributed by atoms with Crippen LogP contribution in [0.1, 0.15) is 31.8 Å². The number of nitrogens with one attached hydrogen (secondary N) is 1. The largest absolute Gasteiger partial charge is 0.353 e. The number of halogens is 2. The van der Waals surface area contributed by atoms with E-state index < -0.39 is 11.7 Å². The molecule has 0 atom stereocenters. The van der Waals surface area contributed by atoms with E-state index in [1.807, 2.05) is 0 Å². The van der Waals surface area contributed by atoms with Crippen molar-refractivity contribution in [2.45, 2.75) is 33.1 Å². The molecule has 11 heteroatoms. The number of aryl methyl sites for hydroxylation is 1. The first-order chi connectivity index (χ1) is 15.5. The van der Waals surface area contributed by atoms with Crippen LogP contribution in [-0.2, 0) is 10.7 Å². The minimum Gasteiger partial charge on any atom is -0.353 e. The van der Waals surface area contributed by atoms with Gasteiger partial charge in [-0.1, -0.05) is 0 Å². The third kappa shape index (κ3) is 3.90. The molecule has 3 aromatic rings. The summed E-state index contributed by atoms with van der Waals surface area (Å²) < 4.78 is 29.6. The lowest BCUT2D eigenvalue weighted by Crippen LogP contribution is -2.57. The molecule has 2 aliphatic heterocycles. The van der Waals surface area contributed by atoms with E-state index in [0.717, 1.165) is 50.7 Å². The van der Waals surface area contributed by atoms with Crippen LogP contribution >= 0.6 is 0 Å². The standard InChI is InChI=1S/C22H26F2N8O/c1-13-7-18(28-20(26-13)21(3,23)24)32-16-8-17(27-14(2)33)25-9-15(16)19(29-32)31-11-22(12-31)5-6-30(4)10-22/h7-9H,5-6,10-12H2,1-4H3,(H,25,27,33). The molecule has 0 saturated carbocycles. The van der Waals surface area contributed by atoms with E-state index in [1.54, 1.807) is 25.3 Å². The third-order valence-corrected chi connectivity index (χ3v) is 6.28. The van der Waals surface area contributed by atoms with Gasteiger partial charge in [-0.25, -0.2) is 19.6 Å². The Bertz CT molecular complexity index is 1250. The smallest absolute Gasteiger partial charge is 0.303 e. The highest BCUT2D eigenvalue weighted by atomic mass is 19.3. The van der Waals surface area contributed by atoms with Gasteiger partial charge in [0.15, 0.2) is 11.6 Å². The van der Waals surface area contributed by atoms with Crippen LogP contribution in [0.5, 0.6) is 0 Å². The maximum Gasteiger partial charge on any atom is 0.303 e. The van der Waals surface area contributed by atoms with Crippen LogP contribution in [-0.4, -0.2) is 68.8 Å². The van der Waals surface area contributed by atoms with Crippen molar-refractivity contribution in [3.63, 3.8) is 0 Å². The molecule has 3 aromatic heterocycles. The molecule has 174 valence electrons. The van der Waals surface area contributed by atoms with Crippen molar-refractivity contribution in [2.24, 2.45) is 5.41 Å². The number of anilines is 2. The summed E-state index contributed by atoms with van der Waals surface area (Å²) in [4.78, 5) is 28.5. The Kier molecular flexibility index (Phi) is 4.85. The molecular weight excluding hydrogens is 430 g/mol. The minimum atomic E-state index is -3.19. The summed E-state index contributed by atoms with van der Waals surface area (Å²) in [6.45, 7) is 7.69. The number of rotatable bonds is 4. The Hall–Kier alpha value is -3.21. The van der Waals surface area contributed by atoms with Crippen LogP contribution in [0.4, 0.5) is 20.4 Å². The second-order valence-electron chi connectivity index (χ2n) is 9.43. The predicted molar refractivity (Wildman–Crippen MR) is 120 cm³/mol. The highest BCUT2D eigenvalue weighted by molar-refractivity contribution is 5.95. The highest BCUT2D eigenvalue weighted by Gasteiger charge is 2.48. The quantitative estimate of drug-likeness (QED) is 0.645. The zero-order valence-electron chi connectivity index (χ0n) is 19.1. The zero-order valence-corrected chi connectivity index (χ0v) is 19.1. The van der Waals surface area contributed by atoms with E-state index >= 15 is 0 Å². The number of amides is 1. The van der Waals surface area contributed by atoms with Crippen LogP contribution < -0.4 is 10.2 Å². The molecule has 9 nitrogen and oxygen atoms in total. The van der Waals surface area contributed by atoms with Crippen molar-refractivity contribution in [3.8, 4) is 5.82 Å². The number of pyridine rings is 1. The van der Waals surface area contributed by atoms with Crippen molar-refractivity contribution >= 4 is 28.4 Å². The number of hydrogen-bond donors (Lipinski definition) is 1. The molecule has 0 aromatic carbocycles. The molecule has 0 unspecified atom stereocenters. The summed E-state index contributed by atoms with van der Waals surface area (Å²) >= 11 is 0. The van der Waals surface area contributed by atoms with Crippen LogP contribution in [0.2, 0.25) is 0 Å². The van der Waals surface area contributed by atoms with E-state index in [2.05, 4.69) is 37.1 Å². The fourth-order valence-electron chi connectivity index (χ4n) is 4.84. The maximum atomic E-state index is 14.0. The lowest BCUT2D eigenvalue weighted by atomic mass is 9.79. The average Bonchev–Trinajstić information content (AvgIpc) is 3.26. The molecule has 33 heavy (non-hydrogen) atoms. The van der Waals surface area contributed by atoms with Gasteiger partial charge in [-0.3, -0.25) is 4.79 Å². The Morgan fingerprint density at radius 2 is 1.97 bits per heavy atom. The molecule has 0 aliphatic carbocycles. The number of carbonyl (C=O) groups excluding carboxylic acids is 1. The van der Waals surface area contributed by atoms with Gasteiger partial charge in [-0.2, -0.15) is 8.78 Å². The molecule has 2 saturated heterocycles. The molecule has 1 N–H and O–H groups in total. The molecular formula is C22H26F2N8O. The van der Waals surface area contributed by atoms with E-state index in [9.17, 15) is 13.6 Å². The first kappa shape index (κ1) is 21.6. The van der Waals surface area contributed by atoms with Gasteiger partial charge in [0.1, 0.15) is 5.82 Å². The van der Waals surface area contributed by atoms with E-state index in [-0.39, 0.29) is 17.1 Å². The molecule has 1 spiro atoms. The van der Waals surface area contributed by atoms with E-state index in [4.69, 9.17) is 5.10 Å². The van der Waals surface area contributed by atoms with Crippen LogP contribution in [0, 0.1) is 12.3 Å². The second-order valence-corrected chi connectivity index (χ2v) is 9.43. The average molecular weight is 457 g/mol. The summed E-state index contributed by atoms with van der Waals surface area (Å²) in [6.07, 6.45) is 2.80. The topological polar surface area (TPSA) is 92.1 Å². The normalized spacial score (nSPS) is 18.2. The Morgan fingerprint density at radius 1 is 1.21 bits per heavy atom. The van der Waals surface area contributed by atoms with Gasteiger partial charge in [0.05, 0.1) is 10.9 Å². The van der Waals surface area contributed by atoms with Crippen LogP contribution in [0.3, 0.4) is 0 Å². The first-order valence-electron chi connectivity index (χ1n) is 10.9. The molecule has 5 heterocycles. The summed E-state index contributed by atoms with van der Waals surface area (Å²) in [7, 11) is 2.13. The number of carbonyl (C=O) groups is 1. The lowest BCUT2D eigenvalue weighted by Gasteiger charge is -2.48. The van der Waals surface area contributed by atoms with Crippen molar-refractivity contribution in [1.29, 1.82) is 0 Å². The summed E-state index contributed by atoms with van der Waals surface area (Å²) in [6, 6.07) is 3.31. The highest BCUT2D eigenvalue weighted by Crippen LogP contribution is 2.43. The SMILES string of the molecule is CC(=O)Nc1cc2c(cn1)c(N1CC3(CCN(C)C3)C1)nn2-c1cc(C)nc(C(C)(F)F)n1. The fraction of sp³-hybridized carbons (Fsp3) is 0.500. The monoisotopic (exact) mass is 456 g/mol. The summed E-state index contributed by atoms with van der Waals surface area (Å²) in [5.74, 6) is -2.68. The van der Waals surface area contributed by atoms with Gasteiger partial charge >= 0.3 is 5.92 Å². The molecule has 0 bridgehead atoms. The van der Waals surface area contributed by atoms with Gasteiger partial charge < -0.3 is 15.1 Å². The van der Waals surface area contributed by atoms with Gasteiger partial charge in [0.2, 0.25) is 11.7 Å². The van der Waals surface area contributed by atoms with Gasteiger partial charge in [-0.15, -0.1) is 5.10 Å². The van der Waals surface area contributed by atoms with Gasteiger partial charge in [0.25, 0.3) is 0 Å². The number of hydrogen-bond acceptors (Lipinski definition) is 7. The molecule has 2 fully saturated rings.